The van der Waals surface area contributed by atoms with Crippen LogP contribution in [0.2, 0.25) is 0 Å². The molecule has 1 saturated heterocycles. The Morgan fingerprint density at radius 2 is 1.59 bits per heavy atom. The molecule has 0 spiro atoms. The van der Waals surface area contributed by atoms with Crippen LogP contribution < -0.4 is 24.3 Å². The summed E-state index contributed by atoms with van der Waals surface area (Å²) in [4.78, 5) is 0. The highest BCUT2D eigenvalue weighted by atomic mass is 16.7. The number of benzene rings is 2. The van der Waals surface area contributed by atoms with Gasteiger partial charge in [0.15, 0.2) is 23.0 Å². The summed E-state index contributed by atoms with van der Waals surface area (Å²) in [6.07, 6.45) is 3.48. The van der Waals surface area contributed by atoms with Gasteiger partial charge in [0.25, 0.3) is 0 Å². The van der Waals surface area contributed by atoms with E-state index in [2.05, 4.69) is 17.4 Å². The second-order valence-electron chi connectivity index (χ2n) is 7.33. The van der Waals surface area contributed by atoms with Crippen LogP contribution in [0, 0.1) is 0 Å². The lowest BCUT2D eigenvalue weighted by molar-refractivity contribution is 0.134. The maximum Gasteiger partial charge on any atom is 0.231 e. The largest absolute Gasteiger partial charge is 0.454 e. The molecule has 0 saturated carbocycles. The number of aliphatic hydroxyl groups excluding tert-OH is 1. The van der Waals surface area contributed by atoms with E-state index >= 15 is 0 Å². The maximum absolute atomic E-state index is 10.8. The quantitative estimate of drug-likeness (QED) is 0.845. The molecule has 142 valence electrons. The Hall–Kier alpha value is -2.44. The van der Waals surface area contributed by atoms with Crippen LogP contribution in [0.1, 0.15) is 36.5 Å². The van der Waals surface area contributed by atoms with Crippen LogP contribution in [0.3, 0.4) is 0 Å². The molecule has 6 nitrogen and oxygen atoms in total. The van der Waals surface area contributed by atoms with Crippen molar-refractivity contribution in [2.75, 3.05) is 13.6 Å². The van der Waals surface area contributed by atoms with Gasteiger partial charge in [0.2, 0.25) is 13.6 Å². The first-order valence-electron chi connectivity index (χ1n) is 9.48. The molecule has 0 amide bonds. The first-order chi connectivity index (χ1) is 13.3. The summed E-state index contributed by atoms with van der Waals surface area (Å²) >= 11 is 0. The molecule has 2 N–H and O–H groups in total. The van der Waals surface area contributed by atoms with E-state index in [4.69, 9.17) is 18.9 Å². The van der Waals surface area contributed by atoms with E-state index in [1.54, 1.807) is 0 Å². The highest BCUT2D eigenvalue weighted by Crippen LogP contribution is 2.36. The Labute approximate surface area is 158 Å². The molecule has 3 unspecified atom stereocenters. The fraction of sp³-hybridized carbons (Fsp3) is 0.429. The van der Waals surface area contributed by atoms with Crippen LogP contribution in [-0.4, -0.2) is 30.8 Å². The van der Waals surface area contributed by atoms with Crippen molar-refractivity contribution in [2.45, 2.75) is 43.9 Å². The Kier molecular flexibility index (Phi) is 4.30. The molecule has 27 heavy (non-hydrogen) atoms. The van der Waals surface area contributed by atoms with Crippen molar-refractivity contribution in [1.82, 2.24) is 5.32 Å². The van der Waals surface area contributed by atoms with E-state index in [-0.39, 0.29) is 12.8 Å². The SMILES string of the molecule is OC(c1ccc2c(c1)OCO2)C1CCC(CCc2ccc3c(c2)OCO3)N1. The highest BCUT2D eigenvalue weighted by molar-refractivity contribution is 5.45. The molecule has 0 aromatic heterocycles. The molecule has 2 aromatic carbocycles. The summed E-state index contributed by atoms with van der Waals surface area (Å²) in [7, 11) is 0. The van der Waals surface area contributed by atoms with Crippen LogP contribution in [0.15, 0.2) is 36.4 Å². The molecular formula is C21H23NO5. The molecule has 3 heterocycles. The second kappa shape index (κ2) is 6.94. The Morgan fingerprint density at radius 1 is 0.889 bits per heavy atom. The molecule has 3 atom stereocenters. The third-order valence-corrected chi connectivity index (χ3v) is 5.61. The molecule has 2 aromatic rings. The molecule has 0 bridgehead atoms. The lowest BCUT2D eigenvalue weighted by atomic mass is 10.0. The third kappa shape index (κ3) is 3.31. The maximum atomic E-state index is 10.8. The topological polar surface area (TPSA) is 69.2 Å². The van der Waals surface area contributed by atoms with E-state index < -0.39 is 6.10 Å². The summed E-state index contributed by atoms with van der Waals surface area (Å²) in [6, 6.07) is 12.3. The molecule has 5 rings (SSSR count). The fourth-order valence-corrected chi connectivity index (χ4v) is 4.09. The predicted molar refractivity (Wildman–Crippen MR) is 98.4 cm³/mol. The van der Waals surface area contributed by atoms with Crippen molar-refractivity contribution in [3.63, 3.8) is 0 Å². The molecule has 6 heteroatoms. The van der Waals surface area contributed by atoms with Gasteiger partial charge in [-0.25, -0.2) is 0 Å². The average molecular weight is 369 g/mol. The van der Waals surface area contributed by atoms with Crippen molar-refractivity contribution < 1.29 is 24.1 Å². The summed E-state index contributed by atoms with van der Waals surface area (Å²) < 4.78 is 21.6. The molecule has 1 fully saturated rings. The zero-order valence-corrected chi connectivity index (χ0v) is 15.0. The van der Waals surface area contributed by atoms with Crippen molar-refractivity contribution in [3.05, 3.63) is 47.5 Å². The minimum absolute atomic E-state index is 0.0622. The Bertz CT molecular complexity index is 839. The number of fused-ring (bicyclic) bond motifs is 2. The van der Waals surface area contributed by atoms with E-state index in [0.717, 1.165) is 48.5 Å². The number of aryl methyl sites for hydroxylation is 1. The standard InChI is InChI=1S/C21H23NO5/c23-21(14-3-8-18-20(10-14)27-12-25-18)16-6-5-15(22-16)4-1-13-2-7-17-19(9-13)26-11-24-17/h2-3,7-10,15-16,21-23H,1,4-6,11-12H2. The van der Waals surface area contributed by atoms with Crippen LogP contribution >= 0.6 is 0 Å². The number of ether oxygens (including phenoxy) is 4. The van der Waals surface area contributed by atoms with Gasteiger partial charge >= 0.3 is 0 Å². The molecule has 0 radical (unpaired) electrons. The smallest absolute Gasteiger partial charge is 0.231 e. The first kappa shape index (κ1) is 16.7. The van der Waals surface area contributed by atoms with Crippen molar-refractivity contribution >= 4 is 0 Å². The van der Waals surface area contributed by atoms with Gasteiger partial charge in [0, 0.05) is 12.1 Å². The van der Waals surface area contributed by atoms with E-state index in [9.17, 15) is 5.11 Å². The third-order valence-electron chi connectivity index (χ3n) is 5.61. The van der Waals surface area contributed by atoms with Gasteiger partial charge in [-0.05, 0) is 61.1 Å². The number of aliphatic hydroxyl groups is 1. The zero-order chi connectivity index (χ0) is 18.2. The summed E-state index contributed by atoms with van der Waals surface area (Å²) in [5.41, 5.74) is 2.12. The van der Waals surface area contributed by atoms with Gasteiger partial charge < -0.3 is 29.4 Å². The van der Waals surface area contributed by atoms with E-state index in [0.29, 0.717) is 18.6 Å². The van der Waals surface area contributed by atoms with Gasteiger partial charge in [0.05, 0.1) is 6.10 Å². The van der Waals surface area contributed by atoms with Crippen molar-refractivity contribution in [3.8, 4) is 23.0 Å². The molecular weight excluding hydrogens is 346 g/mol. The Morgan fingerprint density at radius 3 is 2.41 bits per heavy atom. The molecule has 3 aliphatic rings. The van der Waals surface area contributed by atoms with Gasteiger partial charge in [-0.1, -0.05) is 12.1 Å². The minimum atomic E-state index is -0.546. The molecule has 0 aliphatic carbocycles. The van der Waals surface area contributed by atoms with Crippen molar-refractivity contribution in [2.24, 2.45) is 0 Å². The van der Waals surface area contributed by atoms with Gasteiger partial charge in [-0.3, -0.25) is 0 Å². The van der Waals surface area contributed by atoms with Crippen LogP contribution in [0.25, 0.3) is 0 Å². The minimum Gasteiger partial charge on any atom is -0.454 e. The average Bonchev–Trinajstić information content (AvgIpc) is 3.44. The van der Waals surface area contributed by atoms with Crippen LogP contribution in [-0.2, 0) is 6.42 Å². The predicted octanol–water partition coefficient (Wildman–Crippen LogP) is 2.93. The first-order valence-corrected chi connectivity index (χ1v) is 9.48. The number of hydrogen-bond donors (Lipinski definition) is 2. The Balaban J connectivity index is 1.17. The van der Waals surface area contributed by atoms with Gasteiger partial charge in [-0.15, -0.1) is 0 Å². The summed E-state index contributed by atoms with van der Waals surface area (Å²) in [5.74, 6) is 3.11. The fourth-order valence-electron chi connectivity index (χ4n) is 4.09. The lowest BCUT2D eigenvalue weighted by Crippen LogP contribution is -2.34. The van der Waals surface area contributed by atoms with Crippen molar-refractivity contribution in [1.29, 1.82) is 0 Å². The van der Waals surface area contributed by atoms with E-state index in [1.807, 2.05) is 24.3 Å². The number of rotatable bonds is 5. The van der Waals surface area contributed by atoms with E-state index in [1.165, 1.54) is 5.56 Å². The highest BCUT2D eigenvalue weighted by Gasteiger charge is 2.30. The van der Waals surface area contributed by atoms with Gasteiger partial charge in [-0.2, -0.15) is 0 Å². The van der Waals surface area contributed by atoms with Crippen LogP contribution in [0.5, 0.6) is 23.0 Å². The lowest BCUT2D eigenvalue weighted by Gasteiger charge is -2.21. The zero-order valence-electron chi connectivity index (χ0n) is 15.0. The van der Waals surface area contributed by atoms with Gasteiger partial charge in [0.1, 0.15) is 0 Å². The summed E-state index contributed by atoms with van der Waals surface area (Å²) in [6.45, 7) is 0.556. The molecule has 3 aliphatic heterocycles. The number of hydrogen-bond acceptors (Lipinski definition) is 6. The van der Waals surface area contributed by atoms with Crippen LogP contribution in [0.4, 0.5) is 0 Å². The monoisotopic (exact) mass is 369 g/mol. The number of nitrogens with one attached hydrogen (secondary N) is 1. The normalized spacial score (nSPS) is 23.6. The summed E-state index contributed by atoms with van der Waals surface area (Å²) in [5, 5.41) is 14.4. The second-order valence-corrected chi connectivity index (χ2v) is 7.33.